The quantitative estimate of drug-likeness (QED) is 0.704. The Hall–Kier alpha value is -1.60. The lowest BCUT2D eigenvalue weighted by Gasteiger charge is -2.21. The molecule has 1 heterocycles. The van der Waals surface area contributed by atoms with Gasteiger partial charge in [0.1, 0.15) is 0 Å². The van der Waals surface area contributed by atoms with Crippen LogP contribution in [0.15, 0.2) is 18.3 Å². The molecule has 0 bridgehead atoms. The van der Waals surface area contributed by atoms with Gasteiger partial charge in [-0.3, -0.25) is 9.69 Å². The Balaban J connectivity index is 2.59. The van der Waals surface area contributed by atoms with Crippen molar-refractivity contribution in [2.45, 2.75) is 19.4 Å². The number of likely N-dealkylation sites (N-methyl/N-ethyl adjacent to an activating group) is 1. The van der Waals surface area contributed by atoms with Crippen molar-refractivity contribution in [2.75, 3.05) is 13.6 Å². The summed E-state index contributed by atoms with van der Waals surface area (Å²) in [5.74, 6) is 0.0831. The third-order valence-electron chi connectivity index (χ3n) is 2.76. The van der Waals surface area contributed by atoms with E-state index in [4.69, 9.17) is 5.26 Å². The molecule has 86 valence electrons. The van der Waals surface area contributed by atoms with Crippen molar-refractivity contribution in [3.05, 3.63) is 24.0 Å². The number of hydrogen-bond acceptors (Lipinski definition) is 3. The highest BCUT2D eigenvalue weighted by Crippen LogP contribution is 2.05. The summed E-state index contributed by atoms with van der Waals surface area (Å²) in [7, 11) is 3.72. The maximum atomic E-state index is 11.9. The van der Waals surface area contributed by atoms with Crippen LogP contribution >= 0.6 is 0 Å². The fourth-order valence-electron chi connectivity index (χ4n) is 1.50. The van der Waals surface area contributed by atoms with Crippen molar-refractivity contribution in [3.8, 4) is 6.07 Å². The third-order valence-corrected chi connectivity index (χ3v) is 2.76. The maximum absolute atomic E-state index is 11.9. The zero-order valence-electron chi connectivity index (χ0n) is 9.97. The number of carbonyl (C=O) groups is 1. The second kappa shape index (κ2) is 5.47. The highest BCUT2D eigenvalue weighted by atomic mass is 16.1. The fraction of sp³-hybridized carbons (Fsp3) is 0.500. The van der Waals surface area contributed by atoms with E-state index in [0.717, 1.165) is 0 Å². The monoisotopic (exact) mass is 219 g/mol. The molecule has 4 nitrogen and oxygen atoms in total. The van der Waals surface area contributed by atoms with Gasteiger partial charge in [-0.05, 0) is 26.1 Å². The highest BCUT2D eigenvalue weighted by molar-refractivity contribution is 5.96. The molecular weight excluding hydrogens is 202 g/mol. The van der Waals surface area contributed by atoms with Gasteiger partial charge in [-0.1, -0.05) is 0 Å². The van der Waals surface area contributed by atoms with E-state index in [-0.39, 0.29) is 11.8 Å². The van der Waals surface area contributed by atoms with Crippen LogP contribution in [0.2, 0.25) is 0 Å². The van der Waals surface area contributed by atoms with Gasteiger partial charge < -0.3 is 4.57 Å². The SMILES string of the molecule is CC(CC#N)N(C)CC(=O)c1cccn1C. The Morgan fingerprint density at radius 3 is 2.88 bits per heavy atom. The fourth-order valence-corrected chi connectivity index (χ4v) is 1.50. The molecule has 0 amide bonds. The summed E-state index contributed by atoms with van der Waals surface area (Å²) in [5.41, 5.74) is 0.705. The molecule has 0 aliphatic heterocycles. The van der Waals surface area contributed by atoms with Crippen molar-refractivity contribution in [3.63, 3.8) is 0 Å². The van der Waals surface area contributed by atoms with Crippen LogP contribution in [0.4, 0.5) is 0 Å². The Kier molecular flexibility index (Phi) is 4.27. The first kappa shape index (κ1) is 12.5. The van der Waals surface area contributed by atoms with Gasteiger partial charge in [0.15, 0.2) is 5.78 Å². The molecule has 1 unspecified atom stereocenters. The van der Waals surface area contributed by atoms with Crippen molar-refractivity contribution in [1.29, 1.82) is 5.26 Å². The molecule has 0 spiro atoms. The van der Waals surface area contributed by atoms with E-state index in [9.17, 15) is 4.79 Å². The molecule has 0 radical (unpaired) electrons. The smallest absolute Gasteiger partial charge is 0.193 e. The number of rotatable bonds is 5. The van der Waals surface area contributed by atoms with Gasteiger partial charge in [0.2, 0.25) is 0 Å². The predicted molar refractivity (Wildman–Crippen MR) is 62.1 cm³/mol. The molecular formula is C12H17N3O. The lowest BCUT2D eigenvalue weighted by Crippen LogP contribution is -2.34. The number of hydrogen-bond donors (Lipinski definition) is 0. The summed E-state index contributed by atoms with van der Waals surface area (Å²) >= 11 is 0. The first-order valence-corrected chi connectivity index (χ1v) is 5.28. The lowest BCUT2D eigenvalue weighted by molar-refractivity contribution is 0.0917. The number of nitriles is 1. The van der Waals surface area contributed by atoms with E-state index < -0.39 is 0 Å². The molecule has 4 heteroatoms. The van der Waals surface area contributed by atoms with Crippen LogP contribution in [0.25, 0.3) is 0 Å². The average Bonchev–Trinajstić information content (AvgIpc) is 2.64. The summed E-state index contributed by atoms with van der Waals surface area (Å²) in [6.45, 7) is 2.29. The minimum absolute atomic E-state index is 0.0831. The normalized spacial score (nSPS) is 12.4. The second-order valence-corrected chi connectivity index (χ2v) is 4.05. The predicted octanol–water partition coefficient (Wildman–Crippen LogP) is 1.44. The summed E-state index contributed by atoms with van der Waals surface area (Å²) in [6.07, 6.45) is 2.29. The van der Waals surface area contributed by atoms with Crippen LogP contribution in [-0.2, 0) is 7.05 Å². The highest BCUT2D eigenvalue weighted by Gasteiger charge is 2.15. The summed E-state index contributed by atoms with van der Waals surface area (Å²) in [6, 6.07) is 5.88. The van der Waals surface area contributed by atoms with Gasteiger partial charge in [-0.25, -0.2) is 0 Å². The molecule has 1 aromatic rings. The van der Waals surface area contributed by atoms with Gasteiger partial charge in [0, 0.05) is 19.3 Å². The van der Waals surface area contributed by atoms with Crippen LogP contribution in [-0.4, -0.2) is 34.9 Å². The Bertz CT molecular complexity index is 403. The molecule has 0 fully saturated rings. The van der Waals surface area contributed by atoms with E-state index in [1.807, 2.05) is 48.8 Å². The molecule has 0 aromatic carbocycles. The minimum Gasteiger partial charge on any atom is -0.348 e. The molecule has 0 N–H and O–H groups in total. The van der Waals surface area contributed by atoms with E-state index in [1.54, 1.807) is 0 Å². The topological polar surface area (TPSA) is 49.0 Å². The first-order valence-electron chi connectivity index (χ1n) is 5.28. The molecule has 1 atom stereocenters. The first-order chi connectivity index (χ1) is 7.56. The number of carbonyl (C=O) groups excluding carboxylic acids is 1. The third kappa shape index (κ3) is 2.94. The molecule has 0 aliphatic carbocycles. The van der Waals surface area contributed by atoms with E-state index in [1.165, 1.54) is 0 Å². The lowest BCUT2D eigenvalue weighted by atomic mass is 10.2. The number of Topliss-reactive ketones (excluding diaryl/α,β-unsaturated/α-hetero) is 1. The standard InChI is InChI=1S/C12H17N3O/c1-10(6-7-13)15(3)9-12(16)11-5-4-8-14(11)2/h4-5,8,10H,6,9H2,1-3H3. The number of aryl methyl sites for hydroxylation is 1. The zero-order chi connectivity index (χ0) is 12.1. The van der Waals surface area contributed by atoms with Gasteiger partial charge in [0.05, 0.1) is 24.7 Å². The van der Waals surface area contributed by atoms with E-state index in [0.29, 0.717) is 18.7 Å². The summed E-state index contributed by atoms with van der Waals surface area (Å²) in [5, 5.41) is 8.58. The number of aromatic nitrogens is 1. The summed E-state index contributed by atoms with van der Waals surface area (Å²) < 4.78 is 1.81. The molecule has 1 aromatic heterocycles. The molecule has 0 saturated carbocycles. The van der Waals surface area contributed by atoms with Crippen LogP contribution in [0.1, 0.15) is 23.8 Å². The van der Waals surface area contributed by atoms with Crippen LogP contribution in [0, 0.1) is 11.3 Å². The summed E-state index contributed by atoms with van der Waals surface area (Å²) in [4.78, 5) is 13.8. The molecule has 0 saturated heterocycles. The van der Waals surface area contributed by atoms with Gasteiger partial charge in [-0.15, -0.1) is 0 Å². The van der Waals surface area contributed by atoms with Gasteiger partial charge >= 0.3 is 0 Å². The van der Waals surface area contributed by atoms with Crippen molar-refractivity contribution in [2.24, 2.45) is 7.05 Å². The minimum atomic E-state index is 0.0831. The maximum Gasteiger partial charge on any atom is 0.193 e. The van der Waals surface area contributed by atoms with Gasteiger partial charge in [0.25, 0.3) is 0 Å². The Labute approximate surface area is 96.1 Å². The molecule has 1 rings (SSSR count). The van der Waals surface area contributed by atoms with Crippen molar-refractivity contribution < 1.29 is 4.79 Å². The van der Waals surface area contributed by atoms with Crippen molar-refractivity contribution >= 4 is 5.78 Å². The van der Waals surface area contributed by atoms with Crippen molar-refractivity contribution in [1.82, 2.24) is 9.47 Å². The largest absolute Gasteiger partial charge is 0.348 e. The van der Waals surface area contributed by atoms with Gasteiger partial charge in [-0.2, -0.15) is 5.26 Å². The number of ketones is 1. The van der Waals surface area contributed by atoms with Crippen LogP contribution in [0.3, 0.4) is 0 Å². The average molecular weight is 219 g/mol. The van der Waals surface area contributed by atoms with Crippen LogP contribution in [0.5, 0.6) is 0 Å². The zero-order valence-corrected chi connectivity index (χ0v) is 9.97. The van der Waals surface area contributed by atoms with Crippen LogP contribution < -0.4 is 0 Å². The Morgan fingerprint density at radius 2 is 2.38 bits per heavy atom. The van der Waals surface area contributed by atoms with E-state index >= 15 is 0 Å². The number of nitrogens with zero attached hydrogens (tertiary/aromatic N) is 3. The van der Waals surface area contributed by atoms with E-state index in [2.05, 4.69) is 6.07 Å². The second-order valence-electron chi connectivity index (χ2n) is 4.05. The Morgan fingerprint density at radius 1 is 1.69 bits per heavy atom. The molecule has 0 aliphatic rings. The molecule has 16 heavy (non-hydrogen) atoms.